The molecule has 31 heavy (non-hydrogen) atoms. The van der Waals surface area contributed by atoms with Crippen LogP contribution in [0.3, 0.4) is 0 Å². The van der Waals surface area contributed by atoms with Crippen molar-refractivity contribution in [3.63, 3.8) is 0 Å². The minimum atomic E-state index is -0.218. The first-order valence-electron chi connectivity index (χ1n) is 10.2. The highest BCUT2D eigenvalue weighted by Gasteiger charge is 2.20. The number of carbonyl (C=O) groups excluding carboxylic acids is 1. The van der Waals surface area contributed by atoms with E-state index >= 15 is 0 Å². The number of hydrogen-bond donors (Lipinski definition) is 1. The molecule has 0 bridgehead atoms. The van der Waals surface area contributed by atoms with E-state index in [9.17, 15) is 9.59 Å². The van der Waals surface area contributed by atoms with Crippen LogP contribution in [0.4, 0.5) is 17.1 Å². The molecule has 1 heterocycles. The molecule has 0 saturated heterocycles. The number of fused-ring (bicyclic) bond motifs is 1. The minimum Gasteiger partial charge on any atom is -0.356 e. The predicted octanol–water partition coefficient (Wildman–Crippen LogP) is 4.58. The fourth-order valence-electron chi connectivity index (χ4n) is 3.56. The van der Waals surface area contributed by atoms with E-state index in [4.69, 9.17) is 0 Å². The zero-order valence-corrected chi connectivity index (χ0v) is 17.5. The standard InChI is InChI=1S/C25H24N4O2/c1-18(2)29(21-14-12-20(13-15-21)27-19-8-4-3-5-9-19)24(30)16-28-17-26-23-11-7-6-10-22(23)25(28)31/h3-15,17-18,27H,16H2,1-2H3. The number of nitrogens with zero attached hydrogens (tertiary/aromatic N) is 3. The van der Waals surface area contributed by atoms with E-state index in [0.29, 0.717) is 10.9 Å². The lowest BCUT2D eigenvalue weighted by Gasteiger charge is -2.27. The molecule has 0 atom stereocenters. The number of hydrogen-bond acceptors (Lipinski definition) is 4. The van der Waals surface area contributed by atoms with E-state index < -0.39 is 0 Å². The summed E-state index contributed by atoms with van der Waals surface area (Å²) in [4.78, 5) is 31.9. The Bertz CT molecular complexity index is 1250. The summed E-state index contributed by atoms with van der Waals surface area (Å²) >= 11 is 0. The summed E-state index contributed by atoms with van der Waals surface area (Å²) in [5.41, 5.74) is 3.11. The Morgan fingerprint density at radius 1 is 0.935 bits per heavy atom. The van der Waals surface area contributed by atoms with Gasteiger partial charge in [-0.25, -0.2) is 4.98 Å². The molecule has 4 rings (SSSR count). The zero-order chi connectivity index (χ0) is 21.8. The molecule has 4 aromatic rings. The van der Waals surface area contributed by atoms with Gasteiger partial charge in [0.05, 0.1) is 17.2 Å². The molecule has 1 N–H and O–H groups in total. The van der Waals surface area contributed by atoms with Gasteiger partial charge in [-0.05, 0) is 62.4 Å². The SMILES string of the molecule is CC(C)N(C(=O)Cn1cnc2ccccc2c1=O)c1ccc(Nc2ccccc2)cc1. The Morgan fingerprint density at radius 3 is 2.29 bits per heavy atom. The van der Waals surface area contributed by atoms with Crippen LogP contribution in [0.15, 0.2) is 90.0 Å². The number of carbonyl (C=O) groups is 1. The molecular formula is C25H24N4O2. The van der Waals surface area contributed by atoms with Gasteiger partial charge in [-0.3, -0.25) is 14.2 Å². The van der Waals surface area contributed by atoms with Gasteiger partial charge in [0.15, 0.2) is 0 Å². The summed E-state index contributed by atoms with van der Waals surface area (Å²) in [6.07, 6.45) is 1.44. The summed E-state index contributed by atoms with van der Waals surface area (Å²) in [5, 5.41) is 3.84. The Hall–Kier alpha value is -3.93. The molecule has 156 valence electrons. The lowest BCUT2D eigenvalue weighted by atomic mass is 10.2. The van der Waals surface area contributed by atoms with E-state index in [2.05, 4.69) is 10.3 Å². The molecule has 0 aliphatic carbocycles. The van der Waals surface area contributed by atoms with Gasteiger partial charge < -0.3 is 10.2 Å². The van der Waals surface area contributed by atoms with Crippen molar-refractivity contribution in [2.24, 2.45) is 0 Å². The fourth-order valence-corrected chi connectivity index (χ4v) is 3.56. The maximum atomic E-state index is 13.1. The molecule has 0 saturated carbocycles. The van der Waals surface area contributed by atoms with Crippen molar-refractivity contribution in [2.75, 3.05) is 10.2 Å². The van der Waals surface area contributed by atoms with Crippen LogP contribution < -0.4 is 15.8 Å². The molecule has 6 nitrogen and oxygen atoms in total. The lowest BCUT2D eigenvalue weighted by Crippen LogP contribution is -2.41. The van der Waals surface area contributed by atoms with Crippen molar-refractivity contribution in [3.05, 3.63) is 95.5 Å². The van der Waals surface area contributed by atoms with Crippen molar-refractivity contribution in [2.45, 2.75) is 26.4 Å². The second kappa shape index (κ2) is 8.83. The number of amides is 1. The number of anilines is 3. The van der Waals surface area contributed by atoms with E-state index in [-0.39, 0.29) is 24.1 Å². The summed E-state index contributed by atoms with van der Waals surface area (Å²) in [6.45, 7) is 3.84. The van der Waals surface area contributed by atoms with Gasteiger partial charge in [-0.1, -0.05) is 30.3 Å². The highest BCUT2D eigenvalue weighted by atomic mass is 16.2. The molecule has 0 fully saturated rings. The largest absolute Gasteiger partial charge is 0.356 e. The molecule has 0 aliphatic rings. The van der Waals surface area contributed by atoms with Crippen molar-refractivity contribution < 1.29 is 4.79 Å². The number of benzene rings is 3. The topological polar surface area (TPSA) is 67.2 Å². The highest BCUT2D eigenvalue weighted by molar-refractivity contribution is 5.94. The molecule has 3 aromatic carbocycles. The Kier molecular flexibility index (Phi) is 5.80. The predicted molar refractivity (Wildman–Crippen MR) is 125 cm³/mol. The highest BCUT2D eigenvalue weighted by Crippen LogP contribution is 2.23. The second-order valence-corrected chi connectivity index (χ2v) is 7.59. The molecule has 1 amide bonds. The first kappa shape index (κ1) is 20.3. The smallest absolute Gasteiger partial charge is 0.261 e. The third-order valence-corrected chi connectivity index (χ3v) is 5.03. The van der Waals surface area contributed by atoms with Crippen LogP contribution in [0.2, 0.25) is 0 Å². The molecule has 0 spiro atoms. The van der Waals surface area contributed by atoms with Crippen molar-refractivity contribution in [3.8, 4) is 0 Å². The lowest BCUT2D eigenvalue weighted by molar-refractivity contribution is -0.119. The van der Waals surface area contributed by atoms with Crippen LogP contribution in [0, 0.1) is 0 Å². The van der Waals surface area contributed by atoms with E-state index in [0.717, 1.165) is 17.1 Å². The number of para-hydroxylation sites is 2. The fraction of sp³-hybridized carbons (Fsp3) is 0.160. The van der Waals surface area contributed by atoms with Crippen molar-refractivity contribution in [1.82, 2.24) is 9.55 Å². The summed E-state index contributed by atoms with van der Waals surface area (Å²) in [6, 6.07) is 24.7. The normalized spacial score (nSPS) is 10.9. The van der Waals surface area contributed by atoms with Gasteiger partial charge in [-0.15, -0.1) is 0 Å². The summed E-state index contributed by atoms with van der Waals surface area (Å²) in [5.74, 6) is -0.169. The van der Waals surface area contributed by atoms with Gasteiger partial charge in [0.1, 0.15) is 6.54 Å². The van der Waals surface area contributed by atoms with Crippen LogP contribution in [0.1, 0.15) is 13.8 Å². The average molecular weight is 412 g/mol. The number of aromatic nitrogens is 2. The molecule has 0 aliphatic heterocycles. The monoisotopic (exact) mass is 412 g/mol. The number of rotatable bonds is 6. The third-order valence-electron chi connectivity index (χ3n) is 5.03. The molecule has 0 radical (unpaired) electrons. The average Bonchev–Trinajstić information content (AvgIpc) is 2.78. The third kappa shape index (κ3) is 4.48. The first-order valence-corrected chi connectivity index (χ1v) is 10.2. The van der Waals surface area contributed by atoms with E-state index in [1.54, 1.807) is 23.1 Å². The minimum absolute atomic E-state index is 0.0652. The van der Waals surface area contributed by atoms with Gasteiger partial charge >= 0.3 is 0 Å². The van der Waals surface area contributed by atoms with Crippen LogP contribution in [0.5, 0.6) is 0 Å². The van der Waals surface area contributed by atoms with Gasteiger partial charge in [0.2, 0.25) is 5.91 Å². The Labute approximate surface area is 180 Å². The summed E-state index contributed by atoms with van der Waals surface area (Å²) in [7, 11) is 0. The molecule has 0 unspecified atom stereocenters. The molecule has 6 heteroatoms. The maximum Gasteiger partial charge on any atom is 0.261 e. The van der Waals surface area contributed by atoms with Gasteiger partial charge in [0, 0.05) is 23.1 Å². The first-order chi connectivity index (χ1) is 15.0. The summed E-state index contributed by atoms with van der Waals surface area (Å²) < 4.78 is 1.37. The van der Waals surface area contributed by atoms with Crippen LogP contribution in [0.25, 0.3) is 10.9 Å². The quantitative estimate of drug-likeness (QED) is 0.503. The van der Waals surface area contributed by atoms with Crippen molar-refractivity contribution >= 4 is 33.9 Å². The molecule has 1 aromatic heterocycles. The zero-order valence-electron chi connectivity index (χ0n) is 17.5. The van der Waals surface area contributed by atoms with Crippen LogP contribution in [-0.4, -0.2) is 21.5 Å². The second-order valence-electron chi connectivity index (χ2n) is 7.59. The van der Waals surface area contributed by atoms with Crippen LogP contribution >= 0.6 is 0 Å². The van der Waals surface area contributed by atoms with E-state index in [1.807, 2.05) is 74.5 Å². The number of nitrogens with one attached hydrogen (secondary N) is 1. The Balaban J connectivity index is 1.55. The van der Waals surface area contributed by atoms with E-state index in [1.165, 1.54) is 10.9 Å². The van der Waals surface area contributed by atoms with Gasteiger partial charge in [0.25, 0.3) is 5.56 Å². The maximum absolute atomic E-state index is 13.1. The van der Waals surface area contributed by atoms with Gasteiger partial charge in [-0.2, -0.15) is 0 Å². The van der Waals surface area contributed by atoms with Crippen LogP contribution in [-0.2, 0) is 11.3 Å². The van der Waals surface area contributed by atoms with Crippen molar-refractivity contribution in [1.29, 1.82) is 0 Å². The molecular weight excluding hydrogens is 388 g/mol. The Morgan fingerprint density at radius 2 is 1.58 bits per heavy atom.